The molecule has 0 rings (SSSR count). The van der Waals surface area contributed by atoms with E-state index in [9.17, 15) is 58.8 Å². The van der Waals surface area contributed by atoms with E-state index in [0.29, 0.717) is 77.8 Å². The van der Waals surface area contributed by atoms with Crippen molar-refractivity contribution in [1.82, 2.24) is 0 Å². The molecule has 0 N–H and O–H groups in total. The van der Waals surface area contributed by atoms with E-state index >= 15 is 0 Å². The van der Waals surface area contributed by atoms with Crippen molar-refractivity contribution in [3.05, 3.63) is 0 Å². The molecule has 0 bridgehead atoms. The summed E-state index contributed by atoms with van der Waals surface area (Å²) in [7, 11) is 0. The van der Waals surface area contributed by atoms with Crippen LogP contribution in [-0.2, 0) is 83.5 Å². The van der Waals surface area contributed by atoms with Crippen molar-refractivity contribution in [1.29, 1.82) is 0 Å². The van der Waals surface area contributed by atoms with Gasteiger partial charge in [0.1, 0.15) is 22.4 Å². The van der Waals surface area contributed by atoms with Crippen molar-refractivity contribution in [3.8, 4) is 0 Å². The molecule has 0 fully saturated rings. The molecule has 0 amide bonds. The summed E-state index contributed by atoms with van der Waals surface area (Å²) < 4.78 is 22.4. The van der Waals surface area contributed by atoms with Gasteiger partial charge in [-0.25, -0.2) is 0 Å². The Labute approximate surface area is 409 Å². The van der Waals surface area contributed by atoms with Crippen LogP contribution in [0.3, 0.4) is 0 Å². The van der Waals surface area contributed by atoms with Gasteiger partial charge in [-0.2, -0.15) is 0 Å². The number of ether oxygens (including phenoxy) is 4. The Morgan fingerprint density at radius 3 is 0.538 bits per heavy atom. The van der Waals surface area contributed by atoms with Gasteiger partial charge < -0.3 is 58.6 Å². The summed E-state index contributed by atoms with van der Waals surface area (Å²) in [6.07, 6.45) is 9.19. The molecule has 65 heavy (non-hydrogen) atoms. The normalized spacial score (nSPS) is 11.3. The number of carbonyl (C=O) groups is 8. The summed E-state index contributed by atoms with van der Waals surface area (Å²) in [5.74, 6) is -6.87. The Balaban J connectivity index is -0.000000245. The zero-order chi connectivity index (χ0) is 50.4. The quantitative estimate of drug-likeness (QED) is 0.0626. The number of Topliss-reactive ketones (excluding diaryl/α,β-unsaturated/α-hetero) is 4. The number of hydrogen-bond acceptors (Lipinski definition) is 16. The number of unbranched alkanes of at least 4 members (excludes halogenated alkanes) is 4. The molecule has 0 aliphatic carbocycles. The molecular formula is C48H84O16Zr. The van der Waals surface area contributed by atoms with Crippen LogP contribution in [0, 0.1) is 0 Å². The molecule has 0 spiro atoms. The zero-order valence-electron chi connectivity index (χ0n) is 42.0. The predicted octanol–water partition coefficient (Wildman–Crippen LogP) is 4.28. The number of carbonyl (C=O) groups excluding carboxylic acids is 8. The third-order valence-corrected chi connectivity index (χ3v) is 11.3. The van der Waals surface area contributed by atoms with Crippen molar-refractivity contribution in [2.45, 2.75) is 234 Å². The largest absolute Gasteiger partial charge is 4.00 e. The van der Waals surface area contributed by atoms with Gasteiger partial charge in [0.15, 0.2) is 23.1 Å². The van der Waals surface area contributed by atoms with Gasteiger partial charge in [0.2, 0.25) is 0 Å². The molecule has 0 heterocycles. The first-order chi connectivity index (χ1) is 30.1. The van der Waals surface area contributed by atoms with Gasteiger partial charge in [-0.05, 0) is 77.0 Å². The van der Waals surface area contributed by atoms with E-state index < -0.39 is 72.0 Å². The van der Waals surface area contributed by atoms with E-state index in [4.69, 9.17) is 18.9 Å². The summed E-state index contributed by atoms with van der Waals surface area (Å²) in [6, 6.07) is 0. The van der Waals surface area contributed by atoms with Crippen LogP contribution in [0.15, 0.2) is 0 Å². The van der Waals surface area contributed by atoms with E-state index in [0.717, 1.165) is 51.4 Å². The fourth-order valence-electron chi connectivity index (χ4n) is 6.53. The Hall–Kier alpha value is -2.72. The average molecular weight is 1010 g/mol. The van der Waals surface area contributed by atoms with Gasteiger partial charge in [0, 0.05) is 76.0 Å². The van der Waals surface area contributed by atoms with Crippen molar-refractivity contribution in [3.63, 3.8) is 0 Å². The molecule has 0 atom stereocenters. The first-order valence-corrected chi connectivity index (χ1v) is 23.6. The first-order valence-electron chi connectivity index (χ1n) is 23.6. The summed E-state index contributed by atoms with van der Waals surface area (Å²) in [5.41, 5.74) is -3.74. The summed E-state index contributed by atoms with van der Waals surface area (Å²) >= 11 is 0. The van der Waals surface area contributed by atoms with E-state index in [1.54, 1.807) is 0 Å². The maximum absolute atomic E-state index is 11.8. The van der Waals surface area contributed by atoms with E-state index in [-0.39, 0.29) is 49.3 Å². The number of hydrogen-bond donors (Lipinski definition) is 0. The average Bonchev–Trinajstić information content (AvgIpc) is 3.24. The number of carboxylic acids is 4. The Morgan fingerprint density at radius 2 is 0.446 bits per heavy atom. The van der Waals surface area contributed by atoms with Crippen LogP contribution < -0.4 is 20.4 Å². The minimum atomic E-state index is -1.34. The van der Waals surface area contributed by atoms with Crippen molar-refractivity contribution in [2.75, 3.05) is 26.4 Å². The SMILES string of the molecule is CCCCOC(CC)(CC)C(=O)CC(=O)[O-].CCCCOC(CC)(CC)C(=O)CC(=O)[O-].CCCCOC(CC)(CC)C(=O)CC(=O)[O-].CCCCOC(CC)(CC)C(=O)CC(=O)[O-].[Zr+4]. The van der Waals surface area contributed by atoms with E-state index in [1.165, 1.54) is 0 Å². The molecule has 0 aliphatic rings. The van der Waals surface area contributed by atoms with Crippen LogP contribution in [0.25, 0.3) is 0 Å². The molecule has 0 radical (unpaired) electrons. The van der Waals surface area contributed by atoms with Gasteiger partial charge >= 0.3 is 26.2 Å². The second-order valence-corrected chi connectivity index (χ2v) is 15.5. The van der Waals surface area contributed by atoms with Crippen LogP contribution in [0.5, 0.6) is 0 Å². The molecular weight excluding hydrogens is 924 g/mol. The van der Waals surface area contributed by atoms with Gasteiger partial charge in [0.05, 0.1) is 0 Å². The summed E-state index contributed by atoms with van der Waals surface area (Å²) in [6.45, 7) is 24.8. The van der Waals surface area contributed by atoms with Crippen molar-refractivity contribution < 1.29 is 104 Å². The number of aliphatic carboxylic acids is 4. The second-order valence-electron chi connectivity index (χ2n) is 15.5. The second kappa shape index (κ2) is 41.5. The van der Waals surface area contributed by atoms with E-state index in [2.05, 4.69) is 0 Å². The Kier molecular flexibility index (Phi) is 45.5. The molecule has 0 aliphatic heterocycles. The monoisotopic (exact) mass is 1010 g/mol. The molecule has 17 heteroatoms. The topological polar surface area (TPSA) is 266 Å². The number of rotatable bonds is 36. The van der Waals surface area contributed by atoms with Crippen LogP contribution >= 0.6 is 0 Å². The van der Waals surface area contributed by atoms with Crippen molar-refractivity contribution in [2.24, 2.45) is 0 Å². The van der Waals surface area contributed by atoms with Crippen LogP contribution in [0.1, 0.15) is 212 Å². The maximum atomic E-state index is 11.8. The number of carboxylic acid groups (broad SMARTS) is 4. The molecule has 376 valence electrons. The first kappa shape index (κ1) is 71.3. The van der Waals surface area contributed by atoms with Gasteiger partial charge in [0.25, 0.3) is 0 Å². The standard InChI is InChI=1S/4C12H22O4.Zr/c4*1-4-7-8-16-12(5-2,6-3)10(13)9-11(14)15;/h4*4-9H2,1-3H3,(H,14,15);/q;;;;+4/p-4. The van der Waals surface area contributed by atoms with Crippen LogP contribution in [0.2, 0.25) is 0 Å². The molecule has 0 unspecified atom stereocenters. The van der Waals surface area contributed by atoms with Crippen molar-refractivity contribution >= 4 is 47.0 Å². The molecule has 0 aromatic heterocycles. The minimum Gasteiger partial charge on any atom is -0.550 e. The Morgan fingerprint density at radius 1 is 0.308 bits per heavy atom. The van der Waals surface area contributed by atoms with Gasteiger partial charge in [-0.15, -0.1) is 0 Å². The fraction of sp³-hybridized carbons (Fsp3) is 0.833. The summed E-state index contributed by atoms with van der Waals surface area (Å²) in [4.78, 5) is 88.9. The predicted molar refractivity (Wildman–Crippen MR) is 235 cm³/mol. The summed E-state index contributed by atoms with van der Waals surface area (Å²) in [5, 5.41) is 41.7. The molecule has 0 saturated heterocycles. The Bertz CT molecular complexity index is 1130. The van der Waals surface area contributed by atoms with Crippen LogP contribution in [0.4, 0.5) is 0 Å². The zero-order valence-corrected chi connectivity index (χ0v) is 44.5. The fourth-order valence-corrected chi connectivity index (χ4v) is 6.53. The van der Waals surface area contributed by atoms with Gasteiger partial charge in [-0.1, -0.05) is 109 Å². The maximum Gasteiger partial charge on any atom is 4.00 e. The van der Waals surface area contributed by atoms with Gasteiger partial charge in [-0.3, -0.25) is 19.2 Å². The smallest absolute Gasteiger partial charge is 0.550 e. The molecule has 0 aromatic rings. The molecule has 16 nitrogen and oxygen atoms in total. The third-order valence-electron chi connectivity index (χ3n) is 11.3. The van der Waals surface area contributed by atoms with Crippen LogP contribution in [-0.4, -0.2) is 95.8 Å². The molecule has 0 aromatic carbocycles. The third kappa shape index (κ3) is 29.6. The molecule has 0 saturated carbocycles. The number of ketones is 4. The minimum absolute atomic E-state index is 0. The van der Waals surface area contributed by atoms with E-state index in [1.807, 2.05) is 83.1 Å².